The topological polar surface area (TPSA) is 17.1 Å². The minimum absolute atomic E-state index is 0.0353. The average Bonchev–Trinajstić information content (AvgIpc) is 2.67. The largest absolute Gasteiger partial charge is 0.289 e. The highest BCUT2D eigenvalue weighted by Crippen LogP contribution is 2.42. The van der Waals surface area contributed by atoms with Crippen LogP contribution in [0.5, 0.6) is 0 Å². The van der Waals surface area contributed by atoms with Gasteiger partial charge in [-0.25, -0.2) is 0 Å². The Morgan fingerprint density at radius 1 is 1.05 bits per heavy atom. The third kappa shape index (κ3) is 2.26. The minimum Gasteiger partial charge on any atom is -0.289 e. The summed E-state index contributed by atoms with van der Waals surface area (Å²) in [5, 5.41) is 0.693. The highest BCUT2D eigenvalue weighted by Gasteiger charge is 2.32. The van der Waals surface area contributed by atoms with Crippen LogP contribution in [-0.4, -0.2) is 5.78 Å². The summed E-state index contributed by atoms with van der Waals surface area (Å²) in [5.74, 6) is 0.0902. The molecule has 1 aliphatic rings. The van der Waals surface area contributed by atoms with Gasteiger partial charge in [0, 0.05) is 16.2 Å². The second-order valence-corrected chi connectivity index (χ2v) is 5.78. The summed E-state index contributed by atoms with van der Waals surface area (Å²) in [6.07, 6.45) is 1.91. The van der Waals surface area contributed by atoms with Gasteiger partial charge in [0.1, 0.15) is 0 Å². The number of ketones is 1. The standard InChI is InChI=1S/C16H10BrClO/c17-15-12-3-1-2-4-13(12)16(19)14(15)9-10-5-7-11(18)8-6-10/h1-9,15H. The van der Waals surface area contributed by atoms with Gasteiger partial charge >= 0.3 is 0 Å². The summed E-state index contributed by atoms with van der Waals surface area (Å²) < 4.78 is 0. The van der Waals surface area contributed by atoms with Crippen molar-refractivity contribution in [3.63, 3.8) is 0 Å². The van der Waals surface area contributed by atoms with Gasteiger partial charge in [0.2, 0.25) is 0 Å². The quantitative estimate of drug-likeness (QED) is 0.527. The Labute approximate surface area is 125 Å². The number of Topliss-reactive ketones (excluding diaryl/α,β-unsaturated/α-hetero) is 1. The Kier molecular flexibility index (Phi) is 3.29. The van der Waals surface area contributed by atoms with Crippen molar-refractivity contribution in [2.24, 2.45) is 0 Å². The molecule has 0 saturated carbocycles. The summed E-state index contributed by atoms with van der Waals surface area (Å²) >= 11 is 9.46. The molecule has 0 aromatic heterocycles. The van der Waals surface area contributed by atoms with E-state index in [1.165, 1.54) is 0 Å². The lowest BCUT2D eigenvalue weighted by Gasteiger charge is -2.03. The molecule has 1 atom stereocenters. The van der Waals surface area contributed by atoms with Crippen LogP contribution in [0.1, 0.15) is 26.3 Å². The van der Waals surface area contributed by atoms with Gasteiger partial charge in [0.15, 0.2) is 5.78 Å². The summed E-state index contributed by atoms with van der Waals surface area (Å²) in [7, 11) is 0. The van der Waals surface area contributed by atoms with E-state index < -0.39 is 0 Å². The first-order valence-corrected chi connectivity index (χ1v) is 7.21. The van der Waals surface area contributed by atoms with Gasteiger partial charge in [0.25, 0.3) is 0 Å². The van der Waals surface area contributed by atoms with Crippen molar-refractivity contribution >= 4 is 39.4 Å². The van der Waals surface area contributed by atoms with E-state index in [1.807, 2.05) is 54.6 Å². The molecule has 3 rings (SSSR count). The van der Waals surface area contributed by atoms with E-state index in [2.05, 4.69) is 15.9 Å². The normalized spacial score (nSPS) is 19.8. The van der Waals surface area contributed by atoms with E-state index in [9.17, 15) is 4.79 Å². The number of rotatable bonds is 1. The molecule has 0 bridgehead atoms. The molecule has 0 spiro atoms. The Morgan fingerprint density at radius 2 is 1.74 bits per heavy atom. The zero-order valence-electron chi connectivity index (χ0n) is 9.94. The molecule has 1 nitrogen and oxygen atoms in total. The summed E-state index contributed by atoms with van der Waals surface area (Å²) in [4.78, 5) is 12.3. The predicted molar refractivity (Wildman–Crippen MR) is 81.9 cm³/mol. The van der Waals surface area contributed by atoms with Crippen LogP contribution in [0.15, 0.2) is 54.1 Å². The second kappa shape index (κ2) is 4.95. The zero-order valence-corrected chi connectivity index (χ0v) is 12.3. The molecule has 1 unspecified atom stereocenters. The van der Waals surface area contributed by atoms with Crippen molar-refractivity contribution < 1.29 is 4.79 Å². The van der Waals surface area contributed by atoms with Crippen LogP contribution in [0.4, 0.5) is 0 Å². The van der Waals surface area contributed by atoms with Gasteiger partial charge in [-0.15, -0.1) is 0 Å². The van der Waals surface area contributed by atoms with Gasteiger partial charge in [-0.05, 0) is 29.3 Å². The summed E-state index contributed by atoms with van der Waals surface area (Å²) in [6, 6.07) is 15.2. The number of fused-ring (bicyclic) bond motifs is 1. The lowest BCUT2D eigenvalue weighted by atomic mass is 10.1. The fourth-order valence-corrected chi connectivity index (χ4v) is 3.11. The SMILES string of the molecule is O=C1C(=Cc2ccc(Cl)cc2)C(Br)c2ccccc21. The van der Waals surface area contributed by atoms with Crippen molar-refractivity contribution in [1.82, 2.24) is 0 Å². The highest BCUT2D eigenvalue weighted by molar-refractivity contribution is 9.09. The van der Waals surface area contributed by atoms with E-state index in [4.69, 9.17) is 11.6 Å². The van der Waals surface area contributed by atoms with Crippen molar-refractivity contribution in [2.75, 3.05) is 0 Å². The van der Waals surface area contributed by atoms with Gasteiger partial charge in [-0.2, -0.15) is 0 Å². The van der Waals surface area contributed by atoms with Gasteiger partial charge in [0.05, 0.1) is 4.83 Å². The molecule has 0 amide bonds. The van der Waals surface area contributed by atoms with Crippen LogP contribution in [0.3, 0.4) is 0 Å². The summed E-state index contributed by atoms with van der Waals surface area (Å²) in [6.45, 7) is 0. The number of allylic oxidation sites excluding steroid dienone is 1. The molecule has 0 heterocycles. The zero-order chi connectivity index (χ0) is 13.4. The highest BCUT2D eigenvalue weighted by atomic mass is 79.9. The predicted octanol–water partition coefficient (Wildman–Crippen LogP) is 5.06. The monoisotopic (exact) mass is 332 g/mol. The number of halogens is 2. The number of hydrogen-bond acceptors (Lipinski definition) is 1. The maximum absolute atomic E-state index is 12.4. The van der Waals surface area contributed by atoms with Crippen molar-refractivity contribution in [3.8, 4) is 0 Å². The number of carbonyl (C=O) groups excluding carboxylic acids is 1. The fourth-order valence-electron chi connectivity index (χ4n) is 2.24. The molecule has 2 aromatic carbocycles. The number of benzene rings is 2. The van der Waals surface area contributed by atoms with Crippen molar-refractivity contribution in [3.05, 3.63) is 75.8 Å². The van der Waals surface area contributed by atoms with Crippen molar-refractivity contribution in [1.29, 1.82) is 0 Å². The van der Waals surface area contributed by atoms with E-state index in [1.54, 1.807) is 0 Å². The molecular weight excluding hydrogens is 324 g/mol. The van der Waals surface area contributed by atoms with E-state index >= 15 is 0 Å². The average molecular weight is 334 g/mol. The van der Waals surface area contributed by atoms with Crippen LogP contribution in [0.25, 0.3) is 6.08 Å². The van der Waals surface area contributed by atoms with Crippen LogP contribution in [0.2, 0.25) is 5.02 Å². The molecule has 2 aromatic rings. The number of alkyl halides is 1. The molecule has 0 radical (unpaired) electrons. The lowest BCUT2D eigenvalue weighted by molar-refractivity contribution is 0.104. The molecular formula is C16H10BrClO. The Balaban J connectivity index is 2.04. The number of hydrogen-bond donors (Lipinski definition) is 0. The molecule has 0 N–H and O–H groups in total. The Bertz CT molecular complexity index is 673. The molecule has 0 saturated heterocycles. The van der Waals surface area contributed by atoms with Gasteiger partial charge < -0.3 is 0 Å². The van der Waals surface area contributed by atoms with E-state index in [0.29, 0.717) is 5.02 Å². The third-order valence-electron chi connectivity index (χ3n) is 3.21. The van der Waals surface area contributed by atoms with Crippen LogP contribution < -0.4 is 0 Å². The van der Waals surface area contributed by atoms with Crippen LogP contribution in [-0.2, 0) is 0 Å². The number of carbonyl (C=O) groups is 1. The van der Waals surface area contributed by atoms with Crippen LogP contribution >= 0.6 is 27.5 Å². The first-order valence-electron chi connectivity index (χ1n) is 5.91. The first-order chi connectivity index (χ1) is 9.16. The molecule has 19 heavy (non-hydrogen) atoms. The molecule has 1 aliphatic carbocycles. The maximum atomic E-state index is 12.4. The Hall–Kier alpha value is -1.38. The smallest absolute Gasteiger partial charge is 0.190 e. The summed E-state index contributed by atoms with van der Waals surface area (Å²) in [5.41, 5.74) is 3.56. The van der Waals surface area contributed by atoms with E-state index in [-0.39, 0.29) is 10.6 Å². The Morgan fingerprint density at radius 3 is 2.42 bits per heavy atom. The molecule has 0 fully saturated rings. The maximum Gasteiger partial charge on any atom is 0.190 e. The van der Waals surface area contributed by atoms with Gasteiger partial charge in [-0.1, -0.05) is 63.9 Å². The van der Waals surface area contributed by atoms with E-state index in [0.717, 1.165) is 22.3 Å². The van der Waals surface area contributed by atoms with Gasteiger partial charge in [-0.3, -0.25) is 4.79 Å². The minimum atomic E-state index is -0.0353. The molecule has 94 valence electrons. The van der Waals surface area contributed by atoms with Crippen LogP contribution in [0, 0.1) is 0 Å². The second-order valence-electron chi connectivity index (χ2n) is 4.43. The third-order valence-corrected chi connectivity index (χ3v) is 4.44. The first kappa shape index (κ1) is 12.6. The fraction of sp³-hybridized carbons (Fsp3) is 0.0625. The lowest BCUT2D eigenvalue weighted by Crippen LogP contribution is -1.95. The molecule has 3 heteroatoms. The van der Waals surface area contributed by atoms with Crippen molar-refractivity contribution in [2.45, 2.75) is 4.83 Å². The molecule has 0 aliphatic heterocycles.